The Hall–Kier alpha value is -1.03. The van der Waals surface area contributed by atoms with Gasteiger partial charge in [-0.1, -0.05) is 0 Å². The standard InChI is InChI=1S/C12H18ClN3O/c1-9(2)16-7-5-14-11(12(16)17)15-6-3-4-10(13)8-15/h5,7,9-10H,3-4,6,8H2,1-2H3. The van der Waals surface area contributed by atoms with E-state index in [0.717, 1.165) is 19.4 Å². The van der Waals surface area contributed by atoms with Gasteiger partial charge in [0.25, 0.3) is 5.56 Å². The highest BCUT2D eigenvalue weighted by Crippen LogP contribution is 2.18. The van der Waals surface area contributed by atoms with Crippen LogP contribution in [0.5, 0.6) is 0 Å². The molecule has 0 N–H and O–H groups in total. The van der Waals surface area contributed by atoms with E-state index in [1.807, 2.05) is 18.7 Å². The number of aromatic nitrogens is 2. The molecule has 0 aromatic carbocycles. The van der Waals surface area contributed by atoms with Gasteiger partial charge in [0.15, 0.2) is 5.82 Å². The Morgan fingerprint density at radius 1 is 1.53 bits per heavy atom. The van der Waals surface area contributed by atoms with Gasteiger partial charge in [-0.25, -0.2) is 4.98 Å². The summed E-state index contributed by atoms with van der Waals surface area (Å²) in [6.45, 7) is 5.57. The van der Waals surface area contributed by atoms with Crippen LogP contribution in [0.15, 0.2) is 17.2 Å². The zero-order chi connectivity index (χ0) is 12.4. The molecule has 17 heavy (non-hydrogen) atoms. The minimum atomic E-state index is -0.0201. The zero-order valence-corrected chi connectivity index (χ0v) is 11.0. The summed E-state index contributed by atoms with van der Waals surface area (Å²) in [6, 6.07) is 0.154. The molecule has 1 fully saturated rings. The summed E-state index contributed by atoms with van der Waals surface area (Å²) < 4.78 is 1.71. The van der Waals surface area contributed by atoms with Crippen LogP contribution in [0.1, 0.15) is 32.7 Å². The molecule has 1 aliphatic heterocycles. The van der Waals surface area contributed by atoms with Crippen LogP contribution in [0.25, 0.3) is 0 Å². The van der Waals surface area contributed by atoms with Crippen molar-refractivity contribution in [2.75, 3.05) is 18.0 Å². The van der Waals surface area contributed by atoms with Crippen molar-refractivity contribution < 1.29 is 0 Å². The van der Waals surface area contributed by atoms with Crippen LogP contribution >= 0.6 is 11.6 Å². The Labute approximate surface area is 106 Å². The van der Waals surface area contributed by atoms with Gasteiger partial charge in [0, 0.05) is 31.5 Å². The van der Waals surface area contributed by atoms with E-state index in [1.54, 1.807) is 17.0 Å². The van der Waals surface area contributed by atoms with E-state index >= 15 is 0 Å². The van der Waals surface area contributed by atoms with Crippen LogP contribution in [0, 0.1) is 0 Å². The first-order chi connectivity index (χ1) is 8.09. The summed E-state index contributed by atoms with van der Waals surface area (Å²) in [6.07, 6.45) is 5.46. The number of piperidine rings is 1. The topological polar surface area (TPSA) is 38.1 Å². The fourth-order valence-corrected chi connectivity index (χ4v) is 2.48. The second-order valence-corrected chi connectivity index (χ2v) is 5.36. The van der Waals surface area contributed by atoms with Crippen LogP contribution in [0.2, 0.25) is 0 Å². The number of alkyl halides is 1. The van der Waals surface area contributed by atoms with Crippen molar-refractivity contribution in [3.05, 3.63) is 22.7 Å². The summed E-state index contributed by atoms with van der Waals surface area (Å²) in [5.74, 6) is 0.534. The van der Waals surface area contributed by atoms with Gasteiger partial charge in [-0.15, -0.1) is 11.6 Å². The van der Waals surface area contributed by atoms with Gasteiger partial charge in [-0.3, -0.25) is 4.79 Å². The van der Waals surface area contributed by atoms with E-state index < -0.39 is 0 Å². The van der Waals surface area contributed by atoms with E-state index in [2.05, 4.69) is 4.98 Å². The lowest BCUT2D eigenvalue weighted by atomic mass is 10.1. The maximum Gasteiger partial charge on any atom is 0.293 e. The molecule has 2 rings (SSSR count). The quantitative estimate of drug-likeness (QED) is 0.759. The molecule has 0 bridgehead atoms. The SMILES string of the molecule is CC(C)n1ccnc(N2CCCC(Cl)C2)c1=O. The maximum atomic E-state index is 12.2. The first-order valence-electron chi connectivity index (χ1n) is 6.05. The lowest BCUT2D eigenvalue weighted by Crippen LogP contribution is -2.41. The third-order valence-electron chi connectivity index (χ3n) is 3.07. The number of nitrogens with zero attached hydrogens (tertiary/aromatic N) is 3. The highest BCUT2D eigenvalue weighted by molar-refractivity contribution is 6.21. The Bertz CT molecular complexity index is 444. The van der Waals surface area contributed by atoms with E-state index in [1.165, 1.54) is 0 Å². The lowest BCUT2D eigenvalue weighted by Gasteiger charge is -2.30. The highest BCUT2D eigenvalue weighted by Gasteiger charge is 2.21. The van der Waals surface area contributed by atoms with E-state index in [4.69, 9.17) is 11.6 Å². The van der Waals surface area contributed by atoms with E-state index in [0.29, 0.717) is 12.4 Å². The predicted molar refractivity (Wildman–Crippen MR) is 70.0 cm³/mol. The van der Waals surface area contributed by atoms with Crippen molar-refractivity contribution >= 4 is 17.4 Å². The molecule has 1 unspecified atom stereocenters. The van der Waals surface area contributed by atoms with Crippen LogP contribution < -0.4 is 10.5 Å². The van der Waals surface area contributed by atoms with Gasteiger partial charge in [0.2, 0.25) is 0 Å². The molecule has 1 aliphatic rings. The van der Waals surface area contributed by atoms with Crippen molar-refractivity contribution in [3.63, 3.8) is 0 Å². The first kappa shape index (κ1) is 12.4. The largest absolute Gasteiger partial charge is 0.351 e. The number of hydrogen-bond donors (Lipinski definition) is 0. The summed E-state index contributed by atoms with van der Waals surface area (Å²) in [5, 5.41) is 0.123. The molecule has 1 aromatic rings. The monoisotopic (exact) mass is 255 g/mol. The Kier molecular flexibility index (Phi) is 3.72. The van der Waals surface area contributed by atoms with Crippen molar-refractivity contribution in [2.45, 2.75) is 38.1 Å². The minimum Gasteiger partial charge on any atom is -0.351 e. The minimum absolute atomic E-state index is 0.0201. The fraction of sp³-hybridized carbons (Fsp3) is 0.667. The van der Waals surface area contributed by atoms with Crippen molar-refractivity contribution in [1.82, 2.24) is 9.55 Å². The molecule has 0 saturated carbocycles. The lowest BCUT2D eigenvalue weighted by molar-refractivity contribution is 0.550. The van der Waals surface area contributed by atoms with Crippen LogP contribution in [0.4, 0.5) is 5.82 Å². The van der Waals surface area contributed by atoms with Crippen LogP contribution in [0.3, 0.4) is 0 Å². The summed E-state index contributed by atoms with van der Waals surface area (Å²) >= 11 is 6.14. The molecule has 0 spiro atoms. The molecule has 2 heterocycles. The Morgan fingerprint density at radius 3 is 2.94 bits per heavy atom. The molecule has 1 aromatic heterocycles. The molecule has 4 nitrogen and oxygen atoms in total. The number of anilines is 1. The number of hydrogen-bond acceptors (Lipinski definition) is 3. The molecule has 0 amide bonds. The smallest absolute Gasteiger partial charge is 0.293 e. The Balaban J connectivity index is 2.32. The first-order valence-corrected chi connectivity index (χ1v) is 6.49. The highest BCUT2D eigenvalue weighted by atomic mass is 35.5. The number of rotatable bonds is 2. The maximum absolute atomic E-state index is 12.2. The normalized spacial score (nSPS) is 20.9. The van der Waals surface area contributed by atoms with Gasteiger partial charge in [0.05, 0.1) is 5.38 Å². The number of halogens is 1. The molecule has 0 radical (unpaired) electrons. The third-order valence-corrected chi connectivity index (χ3v) is 3.43. The average molecular weight is 256 g/mol. The van der Waals surface area contributed by atoms with Gasteiger partial charge >= 0.3 is 0 Å². The van der Waals surface area contributed by atoms with Crippen molar-refractivity contribution in [2.24, 2.45) is 0 Å². The van der Waals surface area contributed by atoms with Crippen LogP contribution in [-0.2, 0) is 0 Å². The predicted octanol–water partition coefficient (Wildman–Crippen LogP) is 2.03. The molecule has 1 atom stereocenters. The molecule has 1 saturated heterocycles. The zero-order valence-electron chi connectivity index (χ0n) is 10.3. The molecular weight excluding hydrogens is 238 g/mol. The summed E-state index contributed by atoms with van der Waals surface area (Å²) in [5.41, 5.74) is -0.0201. The van der Waals surface area contributed by atoms with Crippen molar-refractivity contribution in [1.29, 1.82) is 0 Å². The second-order valence-electron chi connectivity index (χ2n) is 4.74. The van der Waals surface area contributed by atoms with Gasteiger partial charge in [-0.05, 0) is 26.7 Å². The van der Waals surface area contributed by atoms with E-state index in [9.17, 15) is 4.79 Å². The summed E-state index contributed by atoms with van der Waals surface area (Å²) in [7, 11) is 0. The molecule has 0 aliphatic carbocycles. The van der Waals surface area contributed by atoms with E-state index in [-0.39, 0.29) is 17.0 Å². The van der Waals surface area contributed by atoms with Gasteiger partial charge in [-0.2, -0.15) is 0 Å². The molecule has 5 heteroatoms. The van der Waals surface area contributed by atoms with Gasteiger partial charge < -0.3 is 9.47 Å². The van der Waals surface area contributed by atoms with Crippen LogP contribution in [-0.4, -0.2) is 28.0 Å². The average Bonchev–Trinajstić information content (AvgIpc) is 2.29. The van der Waals surface area contributed by atoms with Gasteiger partial charge in [0.1, 0.15) is 0 Å². The molecular formula is C12H18ClN3O. The van der Waals surface area contributed by atoms with Crippen molar-refractivity contribution in [3.8, 4) is 0 Å². The fourth-order valence-electron chi connectivity index (χ4n) is 2.16. The third kappa shape index (κ3) is 2.63. The molecule has 94 valence electrons. The summed E-state index contributed by atoms with van der Waals surface area (Å²) in [4.78, 5) is 18.4. The Morgan fingerprint density at radius 2 is 2.29 bits per heavy atom. The second kappa shape index (κ2) is 5.08.